The van der Waals surface area contributed by atoms with Crippen LogP contribution in [0.2, 0.25) is 0 Å². The Morgan fingerprint density at radius 2 is 1.78 bits per heavy atom. The van der Waals surface area contributed by atoms with Crippen LogP contribution in [0.1, 0.15) is 17.2 Å². The van der Waals surface area contributed by atoms with Crippen LogP contribution in [0.3, 0.4) is 0 Å². The molecule has 0 saturated carbocycles. The summed E-state index contributed by atoms with van der Waals surface area (Å²) >= 11 is 1.45. The van der Waals surface area contributed by atoms with Crippen LogP contribution in [0.4, 0.5) is 5.69 Å². The van der Waals surface area contributed by atoms with Crippen molar-refractivity contribution in [2.75, 3.05) is 24.9 Å². The number of ether oxygens (including phenoxy) is 2. The maximum absolute atomic E-state index is 14.0. The normalized spacial score (nSPS) is 15.4. The second-order valence-electron chi connectivity index (χ2n) is 8.49. The number of methoxy groups -OCH3 is 2. The van der Waals surface area contributed by atoms with Crippen molar-refractivity contribution < 1.29 is 19.1 Å². The van der Waals surface area contributed by atoms with Crippen LogP contribution in [0.25, 0.3) is 10.9 Å². The standard InChI is InChI=1S/C28H27N3O4S/c1-30-21-12-8-7-11-20(21)25-26(27(33)29-16-18-9-5-4-6-10-18)31(24(32)17-36-28(25)30)22-14-13-19(34-2)15-23(22)35-3/h4-15,26H,16-17H2,1-3H3,(H,29,33). The predicted octanol–water partition coefficient (Wildman–Crippen LogP) is 4.69. The summed E-state index contributed by atoms with van der Waals surface area (Å²) in [6.07, 6.45) is 0. The van der Waals surface area contributed by atoms with Crippen LogP contribution in [0, 0.1) is 0 Å². The first-order chi connectivity index (χ1) is 17.5. The Bertz CT molecular complexity index is 1430. The number of para-hydroxylation sites is 1. The number of hydrogen-bond donors (Lipinski definition) is 1. The molecule has 3 aromatic carbocycles. The molecule has 0 spiro atoms. The molecular weight excluding hydrogens is 474 g/mol. The van der Waals surface area contributed by atoms with Gasteiger partial charge < -0.3 is 19.4 Å². The van der Waals surface area contributed by atoms with Gasteiger partial charge in [-0.05, 0) is 23.8 Å². The zero-order valence-corrected chi connectivity index (χ0v) is 21.2. The number of nitrogens with one attached hydrogen (secondary N) is 1. The highest BCUT2D eigenvalue weighted by Crippen LogP contribution is 2.45. The fourth-order valence-corrected chi connectivity index (χ4v) is 5.77. The molecule has 8 heteroatoms. The molecule has 1 aliphatic heterocycles. The molecule has 36 heavy (non-hydrogen) atoms. The average molecular weight is 502 g/mol. The van der Waals surface area contributed by atoms with Gasteiger partial charge in [-0.25, -0.2) is 0 Å². The number of thioether (sulfide) groups is 1. The molecule has 0 saturated heterocycles. The van der Waals surface area contributed by atoms with E-state index in [0.717, 1.165) is 27.1 Å². The smallest absolute Gasteiger partial charge is 0.248 e. The van der Waals surface area contributed by atoms with E-state index in [4.69, 9.17) is 9.47 Å². The third kappa shape index (κ3) is 4.18. The summed E-state index contributed by atoms with van der Waals surface area (Å²) in [5.41, 5.74) is 3.32. The summed E-state index contributed by atoms with van der Waals surface area (Å²) in [4.78, 5) is 29.2. The van der Waals surface area contributed by atoms with Gasteiger partial charge in [-0.15, -0.1) is 0 Å². The number of anilines is 1. The number of aromatic nitrogens is 1. The second-order valence-corrected chi connectivity index (χ2v) is 9.46. The lowest BCUT2D eigenvalue weighted by atomic mass is 10.0. The lowest BCUT2D eigenvalue weighted by Crippen LogP contribution is -2.44. The fraction of sp³-hybridized carbons (Fsp3) is 0.214. The Morgan fingerprint density at radius 3 is 2.53 bits per heavy atom. The van der Waals surface area contributed by atoms with E-state index >= 15 is 0 Å². The molecule has 1 unspecified atom stereocenters. The predicted molar refractivity (Wildman–Crippen MR) is 142 cm³/mol. The SMILES string of the molecule is COc1ccc(N2C(=O)CSc3c(c4ccccc4n3C)C2C(=O)NCc2ccccc2)c(OC)c1. The molecule has 1 aromatic heterocycles. The lowest BCUT2D eigenvalue weighted by molar-refractivity contribution is -0.125. The van der Waals surface area contributed by atoms with Gasteiger partial charge >= 0.3 is 0 Å². The molecule has 1 atom stereocenters. The molecule has 7 nitrogen and oxygen atoms in total. The Labute approximate surface area is 214 Å². The molecule has 4 aromatic rings. The molecule has 5 rings (SSSR count). The maximum Gasteiger partial charge on any atom is 0.248 e. The summed E-state index contributed by atoms with van der Waals surface area (Å²) in [5, 5.41) is 4.92. The minimum Gasteiger partial charge on any atom is -0.497 e. The van der Waals surface area contributed by atoms with E-state index in [2.05, 4.69) is 9.88 Å². The van der Waals surface area contributed by atoms with Crippen molar-refractivity contribution in [2.24, 2.45) is 7.05 Å². The van der Waals surface area contributed by atoms with E-state index in [1.54, 1.807) is 37.3 Å². The fourth-order valence-electron chi connectivity index (χ4n) is 4.70. The summed E-state index contributed by atoms with van der Waals surface area (Å²) in [6.45, 7) is 0.352. The number of rotatable bonds is 6. The van der Waals surface area contributed by atoms with E-state index < -0.39 is 6.04 Å². The van der Waals surface area contributed by atoms with Gasteiger partial charge in [-0.1, -0.05) is 60.3 Å². The number of fused-ring (bicyclic) bond motifs is 3. The highest BCUT2D eigenvalue weighted by atomic mass is 32.2. The van der Waals surface area contributed by atoms with Crippen LogP contribution >= 0.6 is 11.8 Å². The van der Waals surface area contributed by atoms with Gasteiger partial charge in [0, 0.05) is 36.1 Å². The molecule has 1 aliphatic rings. The van der Waals surface area contributed by atoms with Crippen LogP contribution in [-0.2, 0) is 23.2 Å². The van der Waals surface area contributed by atoms with E-state index in [9.17, 15) is 9.59 Å². The number of carbonyl (C=O) groups excluding carboxylic acids is 2. The zero-order chi connectivity index (χ0) is 25.2. The second kappa shape index (κ2) is 9.99. The van der Waals surface area contributed by atoms with Gasteiger partial charge in [-0.2, -0.15) is 0 Å². The Morgan fingerprint density at radius 1 is 1.03 bits per heavy atom. The molecule has 2 amide bonds. The largest absolute Gasteiger partial charge is 0.497 e. The van der Waals surface area contributed by atoms with Gasteiger partial charge in [0.1, 0.15) is 17.5 Å². The molecule has 0 bridgehead atoms. The van der Waals surface area contributed by atoms with E-state index in [1.807, 2.05) is 61.6 Å². The highest BCUT2D eigenvalue weighted by molar-refractivity contribution is 8.00. The Balaban J connectivity index is 1.68. The minimum atomic E-state index is -0.889. The maximum atomic E-state index is 14.0. The first-order valence-electron chi connectivity index (χ1n) is 11.6. The highest BCUT2D eigenvalue weighted by Gasteiger charge is 2.40. The minimum absolute atomic E-state index is 0.177. The monoisotopic (exact) mass is 501 g/mol. The van der Waals surface area contributed by atoms with Crippen molar-refractivity contribution in [1.29, 1.82) is 0 Å². The van der Waals surface area contributed by atoms with Crippen molar-refractivity contribution in [2.45, 2.75) is 17.6 Å². The quantitative estimate of drug-likeness (QED) is 0.415. The average Bonchev–Trinajstić information content (AvgIpc) is 3.10. The van der Waals surface area contributed by atoms with Crippen molar-refractivity contribution in [1.82, 2.24) is 9.88 Å². The Kier molecular flexibility index (Phi) is 6.61. The lowest BCUT2D eigenvalue weighted by Gasteiger charge is -2.31. The Hall–Kier alpha value is -3.91. The molecule has 0 aliphatic carbocycles. The van der Waals surface area contributed by atoms with Crippen molar-refractivity contribution in [3.8, 4) is 11.5 Å². The van der Waals surface area contributed by atoms with Gasteiger partial charge in [0.05, 0.1) is 30.7 Å². The van der Waals surface area contributed by atoms with E-state index in [0.29, 0.717) is 23.7 Å². The number of carbonyl (C=O) groups is 2. The molecular formula is C28H27N3O4S. The zero-order valence-electron chi connectivity index (χ0n) is 20.4. The molecule has 0 fully saturated rings. The van der Waals surface area contributed by atoms with Gasteiger partial charge in [0.15, 0.2) is 0 Å². The van der Waals surface area contributed by atoms with E-state index in [-0.39, 0.29) is 17.6 Å². The number of nitrogens with zero attached hydrogens (tertiary/aromatic N) is 2. The topological polar surface area (TPSA) is 72.8 Å². The van der Waals surface area contributed by atoms with Crippen LogP contribution < -0.4 is 19.7 Å². The molecule has 184 valence electrons. The van der Waals surface area contributed by atoms with Crippen molar-refractivity contribution in [3.05, 3.63) is 83.9 Å². The molecule has 0 radical (unpaired) electrons. The summed E-state index contributed by atoms with van der Waals surface area (Å²) in [5.74, 6) is 0.809. The van der Waals surface area contributed by atoms with Crippen molar-refractivity contribution >= 4 is 40.2 Å². The number of hydrogen-bond acceptors (Lipinski definition) is 5. The molecule has 1 N–H and O–H groups in total. The first kappa shape index (κ1) is 23.8. The number of amides is 2. The number of benzene rings is 3. The van der Waals surface area contributed by atoms with Crippen molar-refractivity contribution in [3.63, 3.8) is 0 Å². The van der Waals surface area contributed by atoms with Crippen LogP contribution in [-0.4, -0.2) is 36.4 Å². The third-order valence-corrected chi connectivity index (χ3v) is 7.59. The van der Waals surface area contributed by atoms with Crippen LogP contribution in [0.5, 0.6) is 11.5 Å². The summed E-state index contributed by atoms with van der Waals surface area (Å²) in [7, 11) is 5.09. The van der Waals surface area contributed by atoms with Gasteiger partial charge in [-0.3, -0.25) is 14.5 Å². The van der Waals surface area contributed by atoms with E-state index in [1.165, 1.54) is 11.8 Å². The third-order valence-electron chi connectivity index (χ3n) is 6.43. The number of aryl methyl sites for hydroxylation is 1. The van der Waals surface area contributed by atoms with Gasteiger partial charge in [0.25, 0.3) is 0 Å². The van der Waals surface area contributed by atoms with Gasteiger partial charge in [0.2, 0.25) is 11.8 Å². The summed E-state index contributed by atoms with van der Waals surface area (Å²) in [6, 6.07) is 22.1. The first-order valence-corrected chi connectivity index (χ1v) is 12.6. The van der Waals surface area contributed by atoms with Crippen LogP contribution in [0.15, 0.2) is 77.8 Å². The summed E-state index contributed by atoms with van der Waals surface area (Å²) < 4.78 is 13.1. The molecule has 2 heterocycles.